The van der Waals surface area contributed by atoms with E-state index >= 15 is 0 Å². The molecule has 0 fully saturated rings. The molecule has 2 rings (SSSR count). The standard InChI is InChI=1S/C11H14N2/c1-8(12)6-9-7-13-11-5-3-2-4-10(9)11/h2-5,8H,6-7,12H2,1H3/t8-/m1/s1. The normalized spacial score (nSPS) is 16.6. The van der Waals surface area contributed by atoms with E-state index in [0.717, 1.165) is 18.3 Å². The number of fused-ring (bicyclic) bond motifs is 1. The van der Waals surface area contributed by atoms with Crippen molar-refractivity contribution in [3.63, 3.8) is 0 Å². The van der Waals surface area contributed by atoms with Gasteiger partial charge in [0.05, 0.1) is 11.9 Å². The van der Waals surface area contributed by atoms with Crippen LogP contribution < -0.4 is 16.3 Å². The van der Waals surface area contributed by atoms with Crippen molar-refractivity contribution >= 4 is 5.57 Å². The highest BCUT2D eigenvalue weighted by molar-refractivity contribution is 5.49. The number of nitrogens with two attached hydrogens (primary N) is 1. The van der Waals surface area contributed by atoms with Gasteiger partial charge in [-0.15, -0.1) is 0 Å². The maximum absolute atomic E-state index is 5.77. The molecular weight excluding hydrogens is 160 g/mol. The molecule has 1 aromatic carbocycles. The number of hydrogen-bond acceptors (Lipinski definition) is 2. The van der Waals surface area contributed by atoms with Gasteiger partial charge < -0.3 is 5.73 Å². The molecule has 0 aliphatic carbocycles. The molecule has 0 saturated heterocycles. The molecule has 0 saturated carbocycles. The summed E-state index contributed by atoms with van der Waals surface area (Å²) in [4.78, 5) is 4.44. The molecule has 0 bridgehead atoms. The number of nitrogens with zero attached hydrogens (tertiary/aromatic N) is 1. The van der Waals surface area contributed by atoms with Crippen LogP contribution in [0, 0.1) is 0 Å². The second-order valence-electron chi connectivity index (χ2n) is 3.62. The molecule has 1 aromatic rings. The molecule has 2 nitrogen and oxygen atoms in total. The molecule has 0 unspecified atom stereocenters. The third-order valence-corrected chi connectivity index (χ3v) is 2.29. The van der Waals surface area contributed by atoms with Gasteiger partial charge in [0.25, 0.3) is 0 Å². The van der Waals surface area contributed by atoms with Crippen molar-refractivity contribution in [3.05, 3.63) is 34.8 Å². The van der Waals surface area contributed by atoms with Gasteiger partial charge in [-0.05, 0) is 25.0 Å². The van der Waals surface area contributed by atoms with Gasteiger partial charge in [-0.3, -0.25) is 4.99 Å². The summed E-state index contributed by atoms with van der Waals surface area (Å²) in [6.07, 6.45) is 0.959. The summed E-state index contributed by atoms with van der Waals surface area (Å²) in [5, 5.41) is 2.41. The molecule has 0 amide bonds. The van der Waals surface area contributed by atoms with Crippen LogP contribution in [0.1, 0.15) is 13.3 Å². The van der Waals surface area contributed by atoms with E-state index < -0.39 is 0 Å². The monoisotopic (exact) mass is 174 g/mol. The van der Waals surface area contributed by atoms with E-state index in [1.807, 2.05) is 13.0 Å². The molecule has 0 spiro atoms. The molecule has 0 aromatic heterocycles. The van der Waals surface area contributed by atoms with Crippen LogP contribution in [0.5, 0.6) is 0 Å². The van der Waals surface area contributed by atoms with Crippen LogP contribution in [-0.2, 0) is 0 Å². The fourth-order valence-corrected chi connectivity index (χ4v) is 1.74. The van der Waals surface area contributed by atoms with Crippen LogP contribution in [0.15, 0.2) is 29.3 Å². The van der Waals surface area contributed by atoms with Crippen molar-refractivity contribution in [3.8, 4) is 0 Å². The van der Waals surface area contributed by atoms with Crippen LogP contribution in [-0.4, -0.2) is 12.6 Å². The minimum absolute atomic E-state index is 0.233. The maximum Gasteiger partial charge on any atom is 0.0650 e. The Morgan fingerprint density at radius 1 is 1.46 bits per heavy atom. The summed E-state index contributed by atoms with van der Waals surface area (Å²) in [5.41, 5.74) is 7.15. The Kier molecular flexibility index (Phi) is 2.15. The fourth-order valence-electron chi connectivity index (χ4n) is 1.74. The summed E-state index contributed by atoms with van der Waals surface area (Å²) in [6.45, 7) is 2.87. The molecule has 1 aliphatic rings. The van der Waals surface area contributed by atoms with Crippen molar-refractivity contribution in [2.75, 3.05) is 6.54 Å². The van der Waals surface area contributed by atoms with Crippen LogP contribution in [0.4, 0.5) is 0 Å². The van der Waals surface area contributed by atoms with Crippen LogP contribution in [0.25, 0.3) is 5.57 Å². The van der Waals surface area contributed by atoms with Gasteiger partial charge in [0.2, 0.25) is 0 Å². The first-order valence-electron chi connectivity index (χ1n) is 4.64. The zero-order valence-electron chi connectivity index (χ0n) is 7.83. The summed E-state index contributed by atoms with van der Waals surface area (Å²) in [6, 6.07) is 8.50. The third-order valence-electron chi connectivity index (χ3n) is 2.29. The van der Waals surface area contributed by atoms with Crippen molar-refractivity contribution in [2.24, 2.45) is 10.7 Å². The van der Waals surface area contributed by atoms with Gasteiger partial charge in [0.1, 0.15) is 0 Å². The molecule has 1 aliphatic heterocycles. The molecule has 1 heterocycles. The lowest BCUT2D eigenvalue weighted by Gasteiger charge is -2.04. The summed E-state index contributed by atoms with van der Waals surface area (Å²) in [7, 11) is 0. The third kappa shape index (κ3) is 1.63. The summed E-state index contributed by atoms with van der Waals surface area (Å²) >= 11 is 0. The lowest BCUT2D eigenvalue weighted by Crippen LogP contribution is -2.24. The van der Waals surface area contributed by atoms with E-state index in [4.69, 9.17) is 5.73 Å². The number of rotatable bonds is 2. The van der Waals surface area contributed by atoms with Crippen molar-refractivity contribution in [1.82, 2.24) is 0 Å². The average Bonchev–Trinajstić information content (AvgIpc) is 2.48. The molecule has 13 heavy (non-hydrogen) atoms. The first-order chi connectivity index (χ1) is 6.27. The van der Waals surface area contributed by atoms with Gasteiger partial charge in [0, 0.05) is 11.3 Å². The predicted octanol–water partition coefficient (Wildman–Crippen LogP) is 0.208. The van der Waals surface area contributed by atoms with E-state index in [2.05, 4.69) is 23.2 Å². The Labute approximate surface area is 77.8 Å². The van der Waals surface area contributed by atoms with Crippen molar-refractivity contribution in [1.29, 1.82) is 0 Å². The highest BCUT2D eigenvalue weighted by atomic mass is 14.7. The Balaban J connectivity index is 2.48. The number of hydrogen-bond donors (Lipinski definition) is 1. The zero-order valence-corrected chi connectivity index (χ0v) is 7.83. The van der Waals surface area contributed by atoms with Crippen molar-refractivity contribution < 1.29 is 0 Å². The summed E-state index contributed by atoms with van der Waals surface area (Å²) in [5.74, 6) is 0. The first-order valence-corrected chi connectivity index (χ1v) is 4.64. The second kappa shape index (κ2) is 3.30. The largest absolute Gasteiger partial charge is 0.328 e. The highest BCUT2D eigenvalue weighted by Crippen LogP contribution is 2.05. The highest BCUT2D eigenvalue weighted by Gasteiger charge is 2.07. The van der Waals surface area contributed by atoms with Crippen LogP contribution >= 0.6 is 0 Å². The SMILES string of the molecule is C[C@@H](N)CC1=c2ccccc2=NC1. The van der Waals surface area contributed by atoms with E-state index in [-0.39, 0.29) is 6.04 Å². The second-order valence-corrected chi connectivity index (χ2v) is 3.62. The Hall–Kier alpha value is -1.15. The fraction of sp³-hybridized carbons (Fsp3) is 0.364. The van der Waals surface area contributed by atoms with Crippen molar-refractivity contribution in [2.45, 2.75) is 19.4 Å². The topological polar surface area (TPSA) is 38.4 Å². The van der Waals surface area contributed by atoms with Gasteiger partial charge in [0.15, 0.2) is 0 Å². The average molecular weight is 174 g/mol. The van der Waals surface area contributed by atoms with Gasteiger partial charge in [-0.25, -0.2) is 0 Å². The molecule has 0 radical (unpaired) electrons. The molecule has 68 valence electrons. The Morgan fingerprint density at radius 3 is 3.00 bits per heavy atom. The molecule has 1 atom stereocenters. The van der Waals surface area contributed by atoms with Crippen LogP contribution in [0.2, 0.25) is 0 Å². The quantitative estimate of drug-likeness (QED) is 0.684. The minimum Gasteiger partial charge on any atom is -0.328 e. The molecule has 2 heteroatoms. The Morgan fingerprint density at radius 2 is 2.23 bits per heavy atom. The minimum atomic E-state index is 0.233. The van der Waals surface area contributed by atoms with Gasteiger partial charge in [-0.2, -0.15) is 0 Å². The number of benzene rings is 1. The lowest BCUT2D eigenvalue weighted by molar-refractivity contribution is 0.759. The smallest absolute Gasteiger partial charge is 0.0650 e. The van der Waals surface area contributed by atoms with E-state index in [1.54, 1.807) is 0 Å². The van der Waals surface area contributed by atoms with E-state index in [9.17, 15) is 0 Å². The maximum atomic E-state index is 5.77. The number of para-hydroxylation sites is 1. The zero-order chi connectivity index (χ0) is 9.26. The lowest BCUT2D eigenvalue weighted by atomic mass is 10.1. The summed E-state index contributed by atoms with van der Waals surface area (Å²) < 4.78 is 0. The van der Waals surface area contributed by atoms with Crippen LogP contribution in [0.3, 0.4) is 0 Å². The predicted molar refractivity (Wildman–Crippen MR) is 53.8 cm³/mol. The Bertz CT molecular complexity index is 418. The van der Waals surface area contributed by atoms with E-state index in [1.165, 1.54) is 10.8 Å². The molecular formula is C11H14N2. The van der Waals surface area contributed by atoms with Gasteiger partial charge >= 0.3 is 0 Å². The first kappa shape index (κ1) is 8.45. The van der Waals surface area contributed by atoms with Gasteiger partial charge in [-0.1, -0.05) is 18.2 Å². The van der Waals surface area contributed by atoms with E-state index in [0.29, 0.717) is 0 Å². The molecule has 2 N–H and O–H groups in total.